The van der Waals surface area contributed by atoms with Gasteiger partial charge in [0.25, 0.3) is 11.8 Å². The smallest absolute Gasteiger partial charge is 0.256 e. The van der Waals surface area contributed by atoms with E-state index in [9.17, 15) is 14.0 Å². The molecule has 0 bridgehead atoms. The number of carbonyl (C=O) groups excluding carboxylic acids is 2. The number of rotatable bonds is 6. The van der Waals surface area contributed by atoms with Crippen LogP contribution in [0.1, 0.15) is 46.7 Å². The Morgan fingerprint density at radius 1 is 1.26 bits per heavy atom. The van der Waals surface area contributed by atoms with Gasteiger partial charge in [0.1, 0.15) is 5.82 Å². The number of fused-ring (bicyclic) bond motifs is 2. The van der Waals surface area contributed by atoms with E-state index in [1.807, 2.05) is 11.8 Å². The second kappa shape index (κ2) is 8.19. The summed E-state index contributed by atoms with van der Waals surface area (Å²) < 4.78 is 13.9. The van der Waals surface area contributed by atoms with Crippen molar-refractivity contribution in [1.82, 2.24) is 14.8 Å². The largest absolute Gasteiger partial charge is 0.397 e. The zero-order chi connectivity index (χ0) is 22.3. The van der Waals surface area contributed by atoms with Crippen LogP contribution >= 0.6 is 0 Å². The van der Waals surface area contributed by atoms with Gasteiger partial charge in [0, 0.05) is 43.0 Å². The van der Waals surface area contributed by atoms with Crippen molar-refractivity contribution in [3.63, 3.8) is 0 Å². The van der Waals surface area contributed by atoms with Gasteiger partial charge in [0.15, 0.2) is 0 Å². The quantitative estimate of drug-likeness (QED) is 0.490. The highest BCUT2D eigenvalue weighted by atomic mass is 19.1. The van der Waals surface area contributed by atoms with Crippen molar-refractivity contribution in [2.45, 2.75) is 27.2 Å². The van der Waals surface area contributed by atoms with Gasteiger partial charge in [0.05, 0.1) is 22.5 Å². The van der Waals surface area contributed by atoms with Gasteiger partial charge in [-0.05, 0) is 43.8 Å². The number of carbonyl (C=O) groups is 2. The van der Waals surface area contributed by atoms with Crippen molar-refractivity contribution in [3.05, 3.63) is 46.0 Å². The zero-order valence-corrected chi connectivity index (χ0v) is 18.1. The number of aromatic nitrogens is 1. The topological polar surface area (TPSA) is 94.5 Å². The number of nitrogens with one attached hydrogen (secondary N) is 2. The number of nitrogens with zero attached hydrogens (tertiary/aromatic N) is 2. The normalized spacial score (nSPS) is 16.8. The maximum atomic E-state index is 13.9. The first-order valence-corrected chi connectivity index (χ1v) is 10.7. The fourth-order valence-corrected chi connectivity index (χ4v) is 4.39. The Kier molecular flexibility index (Phi) is 5.58. The van der Waals surface area contributed by atoms with Crippen molar-refractivity contribution in [3.8, 4) is 0 Å². The first-order valence-electron chi connectivity index (χ1n) is 10.7. The van der Waals surface area contributed by atoms with E-state index >= 15 is 0 Å². The summed E-state index contributed by atoms with van der Waals surface area (Å²) in [6.45, 7) is 10.2. The summed E-state index contributed by atoms with van der Waals surface area (Å²) >= 11 is 0. The minimum atomic E-state index is -0.500. The number of benzene rings is 1. The lowest BCUT2D eigenvalue weighted by atomic mass is 10.0. The Hall–Kier alpha value is -3.13. The number of halogens is 1. The number of H-pyrrole nitrogens is 1. The predicted octanol–water partition coefficient (Wildman–Crippen LogP) is 2.88. The molecule has 4 rings (SSSR count). The Bertz CT molecular complexity index is 1080. The highest BCUT2D eigenvalue weighted by Gasteiger charge is 2.31. The molecule has 1 aromatic heterocycles. The SMILES string of the molecule is CCN(CC)CCN1CCc2[nH]c(C=C3C(=O)Nc4c(N)cc(F)cc43)c(C)c2C1=O. The molecule has 164 valence electrons. The molecule has 2 aromatic rings. The third-order valence-corrected chi connectivity index (χ3v) is 6.28. The third kappa shape index (κ3) is 3.72. The van der Waals surface area contributed by atoms with E-state index in [1.54, 1.807) is 6.08 Å². The van der Waals surface area contributed by atoms with E-state index in [0.29, 0.717) is 41.2 Å². The average Bonchev–Trinajstić information content (AvgIpc) is 3.22. The van der Waals surface area contributed by atoms with Crippen LogP contribution in [0.15, 0.2) is 12.1 Å². The molecular weight excluding hydrogens is 397 g/mol. The lowest BCUT2D eigenvalue weighted by molar-refractivity contribution is -0.110. The molecule has 4 N–H and O–H groups in total. The first kappa shape index (κ1) is 21.1. The summed E-state index contributed by atoms with van der Waals surface area (Å²) in [5, 5.41) is 2.71. The summed E-state index contributed by atoms with van der Waals surface area (Å²) in [6, 6.07) is 2.49. The van der Waals surface area contributed by atoms with Crippen LogP contribution in [-0.2, 0) is 11.2 Å². The molecule has 0 atom stereocenters. The maximum Gasteiger partial charge on any atom is 0.256 e. The Morgan fingerprint density at radius 3 is 2.71 bits per heavy atom. The van der Waals surface area contributed by atoms with E-state index in [2.05, 4.69) is 29.0 Å². The predicted molar refractivity (Wildman–Crippen MR) is 120 cm³/mol. The summed E-state index contributed by atoms with van der Waals surface area (Å²) in [5.74, 6) is -0.829. The monoisotopic (exact) mass is 425 g/mol. The highest BCUT2D eigenvalue weighted by Crippen LogP contribution is 2.38. The standard InChI is InChI=1S/C23H28FN5O2/c1-4-28(5-2)8-9-29-7-6-18-20(23(29)31)13(3)19(26-18)12-16-15-10-14(24)11-17(25)21(15)27-22(16)30/h10-12,26H,4-9,25H2,1-3H3,(H,27,30). The lowest BCUT2D eigenvalue weighted by Crippen LogP contribution is -2.42. The molecule has 2 aliphatic heterocycles. The van der Waals surface area contributed by atoms with E-state index in [1.165, 1.54) is 12.1 Å². The van der Waals surface area contributed by atoms with Gasteiger partial charge >= 0.3 is 0 Å². The molecule has 2 aliphatic rings. The van der Waals surface area contributed by atoms with Crippen molar-refractivity contribution in [2.75, 3.05) is 43.8 Å². The van der Waals surface area contributed by atoms with Crippen LogP contribution in [0.4, 0.5) is 15.8 Å². The highest BCUT2D eigenvalue weighted by molar-refractivity contribution is 6.35. The lowest BCUT2D eigenvalue weighted by Gasteiger charge is -2.29. The van der Waals surface area contributed by atoms with Crippen molar-refractivity contribution >= 4 is 34.8 Å². The number of hydrogen-bond donors (Lipinski definition) is 3. The van der Waals surface area contributed by atoms with Crippen LogP contribution in [-0.4, -0.2) is 59.3 Å². The molecule has 0 saturated heterocycles. The molecule has 7 nitrogen and oxygen atoms in total. The molecule has 0 radical (unpaired) electrons. The maximum absolute atomic E-state index is 13.9. The molecule has 0 aliphatic carbocycles. The van der Waals surface area contributed by atoms with E-state index in [-0.39, 0.29) is 17.5 Å². The van der Waals surface area contributed by atoms with Gasteiger partial charge in [0.2, 0.25) is 0 Å². The van der Waals surface area contributed by atoms with Crippen LogP contribution in [0, 0.1) is 12.7 Å². The Balaban J connectivity index is 1.64. The van der Waals surface area contributed by atoms with Crippen molar-refractivity contribution in [1.29, 1.82) is 0 Å². The number of nitrogens with two attached hydrogens (primary N) is 1. The van der Waals surface area contributed by atoms with Gasteiger partial charge in [-0.3, -0.25) is 9.59 Å². The van der Waals surface area contributed by atoms with Gasteiger partial charge in [-0.2, -0.15) is 0 Å². The van der Waals surface area contributed by atoms with Gasteiger partial charge in [-0.15, -0.1) is 0 Å². The van der Waals surface area contributed by atoms with Crippen LogP contribution < -0.4 is 11.1 Å². The van der Waals surface area contributed by atoms with Crippen molar-refractivity contribution in [2.24, 2.45) is 0 Å². The Labute approximate surface area is 181 Å². The molecule has 0 saturated carbocycles. The second-order valence-electron chi connectivity index (χ2n) is 8.02. The van der Waals surface area contributed by atoms with Gasteiger partial charge < -0.3 is 25.8 Å². The van der Waals surface area contributed by atoms with E-state index < -0.39 is 5.82 Å². The Morgan fingerprint density at radius 2 is 2.00 bits per heavy atom. The zero-order valence-electron chi connectivity index (χ0n) is 18.1. The minimum Gasteiger partial charge on any atom is -0.397 e. The number of likely N-dealkylation sites (N-methyl/N-ethyl adjacent to an activating group) is 1. The van der Waals surface area contributed by atoms with Crippen LogP contribution in [0.3, 0.4) is 0 Å². The van der Waals surface area contributed by atoms with Crippen LogP contribution in [0.5, 0.6) is 0 Å². The van der Waals surface area contributed by atoms with Crippen molar-refractivity contribution < 1.29 is 14.0 Å². The number of nitrogen functional groups attached to an aromatic ring is 1. The molecule has 8 heteroatoms. The summed E-state index contributed by atoms with van der Waals surface area (Å²) in [7, 11) is 0. The molecule has 1 aromatic carbocycles. The third-order valence-electron chi connectivity index (χ3n) is 6.28. The summed E-state index contributed by atoms with van der Waals surface area (Å²) in [6.07, 6.45) is 2.41. The molecule has 0 spiro atoms. The molecule has 31 heavy (non-hydrogen) atoms. The fraction of sp³-hybridized carbons (Fsp3) is 0.391. The first-order chi connectivity index (χ1) is 14.8. The van der Waals surface area contributed by atoms with Gasteiger partial charge in [-0.1, -0.05) is 13.8 Å². The number of hydrogen-bond acceptors (Lipinski definition) is 4. The summed E-state index contributed by atoms with van der Waals surface area (Å²) in [4.78, 5) is 33.2. The van der Waals surface area contributed by atoms with Crippen LogP contribution in [0.25, 0.3) is 11.6 Å². The van der Waals surface area contributed by atoms with Crippen LogP contribution in [0.2, 0.25) is 0 Å². The second-order valence-corrected chi connectivity index (χ2v) is 8.02. The van der Waals surface area contributed by atoms with E-state index in [4.69, 9.17) is 5.73 Å². The number of amides is 2. The molecule has 0 fully saturated rings. The molecule has 2 amide bonds. The summed E-state index contributed by atoms with van der Waals surface area (Å²) in [5.41, 5.74) is 10.3. The number of anilines is 2. The number of aromatic amines is 1. The molecule has 3 heterocycles. The van der Waals surface area contributed by atoms with E-state index in [0.717, 1.165) is 37.3 Å². The molecule has 0 unspecified atom stereocenters. The fourth-order valence-electron chi connectivity index (χ4n) is 4.39. The average molecular weight is 426 g/mol. The van der Waals surface area contributed by atoms with Gasteiger partial charge in [-0.25, -0.2) is 4.39 Å². The molecular formula is C23H28FN5O2. The minimum absolute atomic E-state index is 0.0124.